The number of fused-ring (bicyclic) bond motifs is 1. The molecule has 1 heterocycles. The molecule has 0 spiro atoms. The highest BCUT2D eigenvalue weighted by Crippen LogP contribution is 2.35. The number of methoxy groups -OCH3 is 1. The molecule has 5 heteroatoms. The van der Waals surface area contributed by atoms with Crippen LogP contribution < -0.4 is 5.32 Å². The van der Waals surface area contributed by atoms with E-state index >= 15 is 0 Å². The van der Waals surface area contributed by atoms with E-state index in [1.165, 1.54) is 18.2 Å². The minimum Gasteiger partial charge on any atom is -0.465 e. The number of nitrogens with one attached hydrogen (secondary N) is 1. The zero-order valence-corrected chi connectivity index (χ0v) is 17.1. The average molecular weight is 400 g/mol. The lowest BCUT2D eigenvalue weighted by Crippen LogP contribution is -2.43. The smallest absolute Gasteiger partial charge is 0.339 e. The van der Waals surface area contributed by atoms with Crippen molar-refractivity contribution in [1.29, 1.82) is 0 Å². The highest BCUT2D eigenvalue weighted by atomic mass is 16.5. The fourth-order valence-electron chi connectivity index (χ4n) is 3.96. The van der Waals surface area contributed by atoms with Crippen molar-refractivity contribution in [3.8, 4) is 0 Å². The minimum atomic E-state index is -0.482. The number of urea groups is 1. The van der Waals surface area contributed by atoms with E-state index in [1.54, 1.807) is 24.3 Å². The van der Waals surface area contributed by atoms with Gasteiger partial charge in [0.2, 0.25) is 0 Å². The molecule has 0 unspecified atom stereocenters. The summed E-state index contributed by atoms with van der Waals surface area (Å²) < 4.78 is 4.85. The molecule has 0 aliphatic carbocycles. The Balaban J connectivity index is 1.70. The van der Waals surface area contributed by atoms with Gasteiger partial charge < -0.3 is 15.0 Å². The first-order chi connectivity index (χ1) is 14.6. The van der Waals surface area contributed by atoms with Gasteiger partial charge in [0.05, 0.1) is 24.4 Å². The number of amides is 2. The fraction of sp³-hybridized carbons (Fsp3) is 0.200. The lowest BCUT2D eigenvalue weighted by atomic mass is 9.88. The lowest BCUT2D eigenvalue weighted by molar-refractivity contribution is 0.0602. The number of carbonyl (C=O) groups is 2. The van der Waals surface area contributed by atoms with Crippen LogP contribution in [0.3, 0.4) is 0 Å². The van der Waals surface area contributed by atoms with Crippen LogP contribution in [-0.4, -0.2) is 30.6 Å². The summed E-state index contributed by atoms with van der Waals surface area (Å²) in [4.78, 5) is 27.3. The standard InChI is InChI=1S/C25H24N2O3/c1-17-11-13-19(14-12-17)23-20-8-4-3-7-18(20)15-16-27(23)25(29)26-22-10-6-5-9-21(22)24(28)30-2/h3-14,23H,15-16H2,1-2H3,(H,26,29)/t23-/m1/s1. The molecule has 0 radical (unpaired) electrons. The van der Waals surface area contributed by atoms with Crippen LogP contribution in [0.5, 0.6) is 0 Å². The molecule has 4 rings (SSSR count). The summed E-state index contributed by atoms with van der Waals surface area (Å²) in [6.45, 7) is 2.63. The molecule has 0 aromatic heterocycles. The second-order valence-corrected chi connectivity index (χ2v) is 7.42. The Hall–Kier alpha value is -3.60. The zero-order chi connectivity index (χ0) is 21.1. The predicted molar refractivity (Wildman–Crippen MR) is 117 cm³/mol. The number of esters is 1. The van der Waals surface area contributed by atoms with Gasteiger partial charge in [-0.1, -0.05) is 66.2 Å². The van der Waals surface area contributed by atoms with Gasteiger partial charge in [0.1, 0.15) is 0 Å². The van der Waals surface area contributed by atoms with Gasteiger partial charge in [-0.2, -0.15) is 0 Å². The Morgan fingerprint density at radius 1 is 0.967 bits per heavy atom. The summed E-state index contributed by atoms with van der Waals surface area (Å²) in [6, 6.07) is 23.0. The number of para-hydroxylation sites is 1. The third kappa shape index (κ3) is 3.79. The predicted octanol–water partition coefficient (Wildman–Crippen LogP) is 4.96. The van der Waals surface area contributed by atoms with Gasteiger partial charge in [-0.3, -0.25) is 0 Å². The van der Waals surface area contributed by atoms with Crippen molar-refractivity contribution in [3.63, 3.8) is 0 Å². The third-order valence-corrected chi connectivity index (χ3v) is 5.51. The molecule has 1 aliphatic heterocycles. The van der Waals surface area contributed by atoms with Gasteiger partial charge in [-0.25, -0.2) is 9.59 Å². The Bertz CT molecular complexity index is 1080. The summed E-state index contributed by atoms with van der Waals surface area (Å²) in [6.07, 6.45) is 0.782. The first kappa shape index (κ1) is 19.7. The van der Waals surface area contributed by atoms with Crippen LogP contribution in [0.2, 0.25) is 0 Å². The first-order valence-electron chi connectivity index (χ1n) is 9.98. The highest BCUT2D eigenvalue weighted by molar-refractivity contribution is 6.01. The number of benzene rings is 3. The Labute approximate surface area is 176 Å². The summed E-state index contributed by atoms with van der Waals surface area (Å²) in [5.74, 6) is -0.482. The van der Waals surface area contributed by atoms with Gasteiger partial charge in [0, 0.05) is 6.54 Å². The van der Waals surface area contributed by atoms with E-state index in [-0.39, 0.29) is 12.1 Å². The molecule has 3 aromatic rings. The van der Waals surface area contributed by atoms with Crippen LogP contribution in [0.25, 0.3) is 0 Å². The Morgan fingerprint density at radius 3 is 2.43 bits per heavy atom. The normalized spacial score (nSPS) is 15.3. The number of ether oxygens (including phenoxy) is 1. The van der Waals surface area contributed by atoms with E-state index < -0.39 is 5.97 Å². The van der Waals surface area contributed by atoms with Crippen LogP contribution in [-0.2, 0) is 11.2 Å². The maximum atomic E-state index is 13.4. The second-order valence-electron chi connectivity index (χ2n) is 7.42. The van der Waals surface area contributed by atoms with Crippen LogP contribution in [0.1, 0.15) is 38.7 Å². The van der Waals surface area contributed by atoms with E-state index in [2.05, 4.69) is 41.7 Å². The third-order valence-electron chi connectivity index (χ3n) is 5.51. The van der Waals surface area contributed by atoms with Gasteiger partial charge in [-0.05, 0) is 42.2 Å². The molecule has 0 bridgehead atoms. The molecule has 0 fully saturated rings. The molecule has 152 valence electrons. The van der Waals surface area contributed by atoms with Crippen molar-refractivity contribution in [1.82, 2.24) is 4.90 Å². The Morgan fingerprint density at radius 2 is 1.67 bits per heavy atom. The van der Waals surface area contributed by atoms with E-state index in [9.17, 15) is 9.59 Å². The quantitative estimate of drug-likeness (QED) is 0.632. The first-order valence-corrected chi connectivity index (χ1v) is 9.98. The van der Waals surface area contributed by atoms with Crippen molar-refractivity contribution in [2.24, 2.45) is 0 Å². The van der Waals surface area contributed by atoms with E-state index in [1.807, 2.05) is 24.0 Å². The second kappa shape index (κ2) is 8.41. The van der Waals surface area contributed by atoms with Crippen molar-refractivity contribution >= 4 is 17.7 Å². The van der Waals surface area contributed by atoms with Crippen LogP contribution in [0.4, 0.5) is 10.5 Å². The highest BCUT2D eigenvalue weighted by Gasteiger charge is 2.32. The molecular weight excluding hydrogens is 376 g/mol. The van der Waals surface area contributed by atoms with E-state index in [4.69, 9.17) is 4.74 Å². The topological polar surface area (TPSA) is 58.6 Å². The minimum absolute atomic E-state index is 0.194. The number of carbonyl (C=O) groups excluding carboxylic acids is 2. The van der Waals surface area contributed by atoms with Gasteiger partial charge >= 0.3 is 12.0 Å². The average Bonchev–Trinajstić information content (AvgIpc) is 2.78. The van der Waals surface area contributed by atoms with Crippen LogP contribution in [0, 0.1) is 6.92 Å². The van der Waals surface area contributed by atoms with Crippen molar-refractivity contribution in [3.05, 3.63) is 101 Å². The number of aryl methyl sites for hydroxylation is 1. The summed E-state index contributed by atoms with van der Waals surface area (Å²) in [5.41, 5.74) is 5.38. The van der Waals surface area contributed by atoms with Crippen LogP contribution in [0.15, 0.2) is 72.8 Å². The van der Waals surface area contributed by atoms with Crippen molar-refractivity contribution < 1.29 is 14.3 Å². The lowest BCUT2D eigenvalue weighted by Gasteiger charge is -2.37. The molecule has 5 nitrogen and oxygen atoms in total. The molecule has 3 aromatic carbocycles. The molecule has 1 atom stereocenters. The summed E-state index contributed by atoms with van der Waals surface area (Å²) in [7, 11) is 1.33. The molecule has 30 heavy (non-hydrogen) atoms. The molecular formula is C25H24N2O3. The van der Waals surface area contributed by atoms with Crippen molar-refractivity contribution in [2.75, 3.05) is 19.0 Å². The monoisotopic (exact) mass is 400 g/mol. The van der Waals surface area contributed by atoms with Gasteiger partial charge in [0.25, 0.3) is 0 Å². The number of hydrogen-bond acceptors (Lipinski definition) is 3. The van der Waals surface area contributed by atoms with Gasteiger partial charge in [-0.15, -0.1) is 0 Å². The summed E-state index contributed by atoms with van der Waals surface area (Å²) in [5, 5.41) is 2.92. The summed E-state index contributed by atoms with van der Waals surface area (Å²) >= 11 is 0. The molecule has 1 N–H and O–H groups in total. The molecule has 0 saturated carbocycles. The van der Waals surface area contributed by atoms with Crippen molar-refractivity contribution in [2.45, 2.75) is 19.4 Å². The molecule has 1 aliphatic rings. The molecule has 2 amide bonds. The number of rotatable bonds is 3. The van der Waals surface area contributed by atoms with E-state index in [0.717, 1.165) is 17.5 Å². The Kier molecular flexibility index (Phi) is 5.53. The fourth-order valence-corrected chi connectivity index (χ4v) is 3.96. The van der Waals surface area contributed by atoms with Gasteiger partial charge in [0.15, 0.2) is 0 Å². The number of hydrogen-bond donors (Lipinski definition) is 1. The SMILES string of the molecule is COC(=O)c1ccccc1NC(=O)N1CCc2ccccc2[C@H]1c1ccc(C)cc1. The zero-order valence-electron chi connectivity index (χ0n) is 17.1. The van der Waals surface area contributed by atoms with E-state index in [0.29, 0.717) is 17.8 Å². The molecule has 0 saturated heterocycles. The van der Waals surface area contributed by atoms with Crippen LogP contribution >= 0.6 is 0 Å². The largest absolute Gasteiger partial charge is 0.465 e. The maximum Gasteiger partial charge on any atom is 0.339 e. The maximum absolute atomic E-state index is 13.4. The number of anilines is 1. The number of nitrogens with zero attached hydrogens (tertiary/aromatic N) is 1.